The van der Waals surface area contributed by atoms with Gasteiger partial charge in [0, 0.05) is 0 Å². The molecule has 0 radical (unpaired) electrons. The molecule has 0 unspecified atom stereocenters. The number of rotatable bonds is 3. The summed E-state index contributed by atoms with van der Waals surface area (Å²) in [6, 6.07) is -0.130. The first-order chi connectivity index (χ1) is 4.20. The molecule has 0 spiro atoms. The zero-order valence-corrected chi connectivity index (χ0v) is 8.28. The largest absolute Gasteiger partial charge is 0.394 e. The van der Waals surface area contributed by atoms with E-state index in [1.54, 1.807) is 0 Å². The topological polar surface area (TPSA) is 84.6 Å². The van der Waals surface area contributed by atoms with Crippen LogP contribution in [0.1, 0.15) is 13.3 Å². The van der Waals surface area contributed by atoms with Crippen LogP contribution < -0.4 is 11.5 Å². The minimum atomic E-state index is -0.130. The zero-order valence-electron chi connectivity index (χ0n) is 5.95. The summed E-state index contributed by atoms with van der Waals surface area (Å²) in [6.07, 6.45) is 0.758. The van der Waals surface area contributed by atoms with Gasteiger partial charge in [-0.1, -0.05) is 6.92 Å². The van der Waals surface area contributed by atoms with E-state index >= 15 is 0 Å². The lowest BCUT2D eigenvalue weighted by molar-refractivity contribution is 0.264. The minimum absolute atomic E-state index is 0. The highest BCUT2D eigenvalue weighted by Gasteiger charge is 1.99. The quantitative estimate of drug-likeness (QED) is 0.368. The van der Waals surface area contributed by atoms with Crippen LogP contribution in [0.3, 0.4) is 0 Å². The lowest BCUT2D eigenvalue weighted by Gasteiger charge is -2.03. The van der Waals surface area contributed by atoms with Gasteiger partial charge in [-0.25, -0.2) is 4.99 Å². The molecule has 0 aromatic heterocycles. The predicted octanol–water partition coefficient (Wildman–Crippen LogP) is -0.351. The molecule has 5 N–H and O–H groups in total. The zero-order chi connectivity index (χ0) is 7.28. The van der Waals surface area contributed by atoms with Crippen molar-refractivity contribution in [3.63, 3.8) is 0 Å². The fourth-order valence-electron chi connectivity index (χ4n) is 0.472. The average Bonchev–Trinajstić information content (AvgIpc) is 1.82. The number of nitrogens with two attached hydrogens (primary N) is 2. The number of hydrogen-bond acceptors (Lipinski definition) is 2. The molecule has 0 aromatic rings. The molecule has 0 saturated heterocycles. The first-order valence-corrected chi connectivity index (χ1v) is 2.90. The van der Waals surface area contributed by atoms with Gasteiger partial charge in [0.05, 0.1) is 12.6 Å². The van der Waals surface area contributed by atoms with Crippen LogP contribution in [0.4, 0.5) is 0 Å². The van der Waals surface area contributed by atoms with Crippen molar-refractivity contribution in [2.45, 2.75) is 19.4 Å². The van der Waals surface area contributed by atoms with Crippen LogP contribution in [0, 0.1) is 0 Å². The van der Waals surface area contributed by atoms with Crippen LogP contribution in [0.25, 0.3) is 0 Å². The lowest BCUT2D eigenvalue weighted by atomic mass is 10.2. The van der Waals surface area contributed by atoms with Crippen molar-refractivity contribution in [3.8, 4) is 0 Å². The first-order valence-electron chi connectivity index (χ1n) is 2.90. The number of hydrogen-bond donors (Lipinski definition) is 3. The Morgan fingerprint density at radius 2 is 2.10 bits per heavy atom. The van der Waals surface area contributed by atoms with Crippen molar-refractivity contribution >= 4 is 29.9 Å². The highest BCUT2D eigenvalue weighted by atomic mass is 127. The van der Waals surface area contributed by atoms with E-state index in [0.717, 1.165) is 6.42 Å². The van der Waals surface area contributed by atoms with E-state index in [0.29, 0.717) is 0 Å². The second kappa shape index (κ2) is 7.07. The Morgan fingerprint density at radius 1 is 1.60 bits per heavy atom. The van der Waals surface area contributed by atoms with Crippen LogP contribution >= 0.6 is 24.0 Å². The molecule has 0 aromatic carbocycles. The summed E-state index contributed by atoms with van der Waals surface area (Å²) in [5, 5.41) is 8.56. The van der Waals surface area contributed by atoms with E-state index in [1.807, 2.05) is 6.92 Å². The van der Waals surface area contributed by atoms with Crippen LogP contribution in [-0.2, 0) is 0 Å². The van der Waals surface area contributed by atoms with Gasteiger partial charge < -0.3 is 16.6 Å². The summed E-state index contributed by atoms with van der Waals surface area (Å²) in [4.78, 5) is 3.74. The SMILES string of the molecule is CC[C@@H](CO)N=C(N)N.I. The van der Waals surface area contributed by atoms with Crippen molar-refractivity contribution < 1.29 is 5.11 Å². The lowest BCUT2D eigenvalue weighted by Crippen LogP contribution is -2.26. The fraction of sp³-hybridized carbons (Fsp3) is 0.800. The van der Waals surface area contributed by atoms with E-state index in [9.17, 15) is 0 Å². The monoisotopic (exact) mass is 259 g/mol. The van der Waals surface area contributed by atoms with Crippen molar-refractivity contribution in [2.24, 2.45) is 16.5 Å². The molecule has 0 aliphatic carbocycles. The van der Waals surface area contributed by atoms with Crippen LogP contribution in [0.5, 0.6) is 0 Å². The normalized spacial score (nSPS) is 11.4. The molecule has 5 heteroatoms. The van der Waals surface area contributed by atoms with Gasteiger partial charge in [-0.05, 0) is 6.42 Å². The maximum Gasteiger partial charge on any atom is 0.186 e. The summed E-state index contributed by atoms with van der Waals surface area (Å²) in [5.74, 6) is 0.0379. The second-order valence-corrected chi connectivity index (χ2v) is 1.80. The van der Waals surface area contributed by atoms with E-state index in [4.69, 9.17) is 16.6 Å². The average molecular weight is 259 g/mol. The second-order valence-electron chi connectivity index (χ2n) is 1.80. The fourth-order valence-corrected chi connectivity index (χ4v) is 0.472. The molecule has 62 valence electrons. The molecule has 0 heterocycles. The summed E-state index contributed by atoms with van der Waals surface area (Å²) < 4.78 is 0. The molecule has 10 heavy (non-hydrogen) atoms. The Kier molecular flexibility index (Phi) is 8.92. The maximum absolute atomic E-state index is 8.56. The molecule has 0 bridgehead atoms. The maximum atomic E-state index is 8.56. The standard InChI is InChI=1S/C5H13N3O.HI/c1-2-4(3-9)8-5(6)7;/h4,9H,2-3H2,1H3,(H4,6,7,8);1H/t4-;/m0./s1. The molecular weight excluding hydrogens is 245 g/mol. The Bertz CT molecular complexity index is 99.1. The molecule has 4 nitrogen and oxygen atoms in total. The number of aliphatic imine (C=N–C) groups is 1. The Morgan fingerprint density at radius 3 is 2.20 bits per heavy atom. The summed E-state index contributed by atoms with van der Waals surface area (Å²) in [5.41, 5.74) is 10.1. The number of guanidine groups is 1. The van der Waals surface area contributed by atoms with E-state index in [1.165, 1.54) is 0 Å². The highest BCUT2D eigenvalue weighted by Crippen LogP contribution is 1.93. The molecule has 0 amide bonds. The Balaban J connectivity index is 0. The van der Waals surface area contributed by atoms with Crippen molar-refractivity contribution in [1.29, 1.82) is 0 Å². The number of nitrogens with zero attached hydrogens (tertiary/aromatic N) is 1. The van der Waals surface area contributed by atoms with Crippen LogP contribution in [0.15, 0.2) is 4.99 Å². The van der Waals surface area contributed by atoms with E-state index in [-0.39, 0.29) is 42.6 Å². The van der Waals surface area contributed by atoms with Gasteiger partial charge in [-0.15, -0.1) is 24.0 Å². The van der Waals surface area contributed by atoms with Gasteiger partial charge in [-0.3, -0.25) is 0 Å². The summed E-state index contributed by atoms with van der Waals surface area (Å²) in [6.45, 7) is 1.92. The molecule has 0 saturated carbocycles. The molecule has 0 fully saturated rings. The number of aliphatic hydroxyl groups excluding tert-OH is 1. The Hall–Kier alpha value is -0.0400. The summed E-state index contributed by atoms with van der Waals surface area (Å²) in [7, 11) is 0. The van der Waals surface area contributed by atoms with Crippen molar-refractivity contribution in [1.82, 2.24) is 0 Å². The van der Waals surface area contributed by atoms with Gasteiger partial charge in [-0.2, -0.15) is 0 Å². The van der Waals surface area contributed by atoms with Gasteiger partial charge in [0.15, 0.2) is 5.96 Å². The van der Waals surface area contributed by atoms with Crippen LogP contribution in [-0.4, -0.2) is 23.7 Å². The third kappa shape index (κ3) is 6.09. The molecule has 0 rings (SSSR count). The minimum Gasteiger partial charge on any atom is -0.394 e. The van der Waals surface area contributed by atoms with Gasteiger partial charge in [0.1, 0.15) is 0 Å². The smallest absolute Gasteiger partial charge is 0.186 e. The highest BCUT2D eigenvalue weighted by molar-refractivity contribution is 14.0. The molecule has 0 aliphatic rings. The van der Waals surface area contributed by atoms with Gasteiger partial charge in [0.25, 0.3) is 0 Å². The van der Waals surface area contributed by atoms with Crippen molar-refractivity contribution in [2.75, 3.05) is 6.61 Å². The summed E-state index contributed by atoms with van der Waals surface area (Å²) >= 11 is 0. The molecular formula is C5H14IN3O. The van der Waals surface area contributed by atoms with Gasteiger partial charge in [0.2, 0.25) is 0 Å². The predicted molar refractivity (Wildman–Crippen MR) is 52.4 cm³/mol. The van der Waals surface area contributed by atoms with E-state index < -0.39 is 0 Å². The van der Waals surface area contributed by atoms with E-state index in [2.05, 4.69) is 4.99 Å². The molecule has 1 atom stereocenters. The van der Waals surface area contributed by atoms with Crippen molar-refractivity contribution in [3.05, 3.63) is 0 Å². The van der Waals surface area contributed by atoms with Crippen LogP contribution in [0.2, 0.25) is 0 Å². The number of halogens is 1. The third-order valence-corrected chi connectivity index (χ3v) is 1.01. The van der Waals surface area contributed by atoms with Gasteiger partial charge >= 0.3 is 0 Å². The number of aliphatic hydroxyl groups is 1. The first kappa shape index (κ1) is 12.6. The third-order valence-electron chi connectivity index (χ3n) is 1.01. The Labute approximate surface area is 77.7 Å². The molecule has 0 aliphatic heterocycles.